The highest BCUT2D eigenvalue weighted by Crippen LogP contribution is 2.29. The van der Waals surface area contributed by atoms with Gasteiger partial charge in [-0.05, 0) is 31.4 Å². The van der Waals surface area contributed by atoms with Gasteiger partial charge in [0, 0.05) is 12.5 Å². The number of amides is 1. The normalized spacial score (nSPS) is 25.9. The summed E-state index contributed by atoms with van der Waals surface area (Å²) in [6.45, 7) is 1.70. The molecule has 1 saturated carbocycles. The minimum Gasteiger partial charge on any atom is -0.445 e. The van der Waals surface area contributed by atoms with Crippen LogP contribution in [0.5, 0.6) is 0 Å². The van der Waals surface area contributed by atoms with E-state index in [-0.39, 0.29) is 11.9 Å². The number of esters is 1. The molecular weight excluding hydrogens is 254 g/mol. The van der Waals surface area contributed by atoms with Crippen molar-refractivity contribution in [3.05, 3.63) is 35.4 Å². The molecule has 0 saturated heterocycles. The molecule has 106 valence electrons. The quantitative estimate of drug-likeness (QED) is 0.841. The average molecular weight is 273 g/mol. The molecule has 1 aromatic carbocycles. The first-order valence-corrected chi connectivity index (χ1v) is 7.21. The Kier molecular flexibility index (Phi) is 3.24. The van der Waals surface area contributed by atoms with E-state index in [4.69, 9.17) is 4.74 Å². The Labute approximate surface area is 118 Å². The van der Waals surface area contributed by atoms with Gasteiger partial charge in [-0.25, -0.2) is 4.79 Å². The number of hydrogen-bond donors (Lipinski definition) is 1. The zero-order valence-corrected chi connectivity index (χ0v) is 11.6. The number of carbonyl (C=O) groups excluding carboxylic acids is 2. The van der Waals surface area contributed by atoms with Gasteiger partial charge in [-0.3, -0.25) is 4.79 Å². The van der Waals surface area contributed by atoms with Crippen LogP contribution in [0.25, 0.3) is 0 Å². The van der Waals surface area contributed by atoms with Crippen LogP contribution in [0.4, 0.5) is 0 Å². The van der Waals surface area contributed by atoms with E-state index in [0.717, 1.165) is 31.2 Å². The van der Waals surface area contributed by atoms with Gasteiger partial charge < -0.3 is 10.1 Å². The van der Waals surface area contributed by atoms with Crippen molar-refractivity contribution in [1.29, 1.82) is 0 Å². The zero-order chi connectivity index (χ0) is 14.2. The Morgan fingerprint density at radius 3 is 2.75 bits per heavy atom. The second-order valence-electron chi connectivity index (χ2n) is 5.91. The Bertz CT molecular complexity index is 548. The number of carbonyl (C=O) groups is 2. The van der Waals surface area contributed by atoms with E-state index in [1.807, 2.05) is 12.1 Å². The number of ether oxygens (including phenoxy) is 1. The molecule has 1 heterocycles. The fourth-order valence-electron chi connectivity index (χ4n) is 3.07. The summed E-state index contributed by atoms with van der Waals surface area (Å²) in [7, 11) is 0. The van der Waals surface area contributed by atoms with Crippen LogP contribution in [0.2, 0.25) is 0 Å². The fourth-order valence-corrected chi connectivity index (χ4v) is 3.07. The third-order valence-corrected chi connectivity index (χ3v) is 4.25. The summed E-state index contributed by atoms with van der Waals surface area (Å²) < 4.78 is 5.42. The van der Waals surface area contributed by atoms with Crippen LogP contribution >= 0.6 is 0 Å². The van der Waals surface area contributed by atoms with Gasteiger partial charge in [-0.2, -0.15) is 0 Å². The predicted octanol–water partition coefficient (Wildman–Crippen LogP) is 2.22. The summed E-state index contributed by atoms with van der Waals surface area (Å²) in [5, 5.41) is 3.02. The lowest BCUT2D eigenvalue weighted by Crippen LogP contribution is -2.53. The van der Waals surface area contributed by atoms with E-state index in [9.17, 15) is 9.59 Å². The van der Waals surface area contributed by atoms with E-state index in [1.54, 1.807) is 19.1 Å². The van der Waals surface area contributed by atoms with Crippen molar-refractivity contribution in [1.82, 2.24) is 5.32 Å². The van der Waals surface area contributed by atoms with Gasteiger partial charge in [0.1, 0.15) is 0 Å². The fraction of sp³-hybridized carbons (Fsp3) is 0.500. The Balaban J connectivity index is 1.79. The van der Waals surface area contributed by atoms with Gasteiger partial charge in [0.05, 0.1) is 5.56 Å². The van der Waals surface area contributed by atoms with Crippen LogP contribution < -0.4 is 5.32 Å². The molecule has 2 aliphatic rings. The Hall–Kier alpha value is -1.84. The molecule has 1 N–H and O–H groups in total. The number of rotatable bonds is 2. The van der Waals surface area contributed by atoms with Gasteiger partial charge >= 0.3 is 5.97 Å². The molecule has 0 bridgehead atoms. The number of cyclic esters (lactones) is 1. The monoisotopic (exact) mass is 273 g/mol. The third-order valence-electron chi connectivity index (χ3n) is 4.25. The lowest BCUT2D eigenvalue weighted by atomic mass is 9.89. The molecule has 1 aliphatic carbocycles. The van der Waals surface area contributed by atoms with Crippen molar-refractivity contribution in [2.24, 2.45) is 0 Å². The average Bonchev–Trinajstić information content (AvgIpc) is 2.91. The van der Waals surface area contributed by atoms with Crippen LogP contribution in [0.1, 0.15) is 48.5 Å². The molecule has 4 nitrogen and oxygen atoms in total. The summed E-state index contributed by atoms with van der Waals surface area (Å²) in [6, 6.07) is 7.55. The van der Waals surface area contributed by atoms with Crippen LogP contribution in [0, 0.1) is 0 Å². The van der Waals surface area contributed by atoms with Crippen LogP contribution in [0.3, 0.4) is 0 Å². The maximum atomic E-state index is 12.4. The van der Waals surface area contributed by atoms with Crippen LogP contribution in [-0.4, -0.2) is 23.5 Å². The molecule has 1 atom stereocenters. The van der Waals surface area contributed by atoms with Crippen LogP contribution in [-0.2, 0) is 16.0 Å². The predicted molar refractivity (Wildman–Crippen MR) is 74.4 cm³/mol. The molecule has 1 amide bonds. The second kappa shape index (κ2) is 4.93. The van der Waals surface area contributed by atoms with Gasteiger partial charge in [0.2, 0.25) is 0 Å². The highest BCUT2D eigenvalue weighted by atomic mass is 16.6. The standard InChI is InChI=1S/C16H19NO3/c1-16(15(19)17-12-7-3-4-8-12)10-11-6-2-5-9-13(11)14(18)20-16/h2,5-6,9,12H,3-4,7-8,10H2,1H3,(H,17,19)/t16-/m1/s1. The second-order valence-corrected chi connectivity index (χ2v) is 5.91. The van der Waals surface area contributed by atoms with Crippen molar-refractivity contribution < 1.29 is 14.3 Å². The molecule has 1 fully saturated rings. The van der Waals surface area contributed by atoms with E-state index < -0.39 is 11.6 Å². The molecule has 1 aromatic rings. The highest BCUT2D eigenvalue weighted by Gasteiger charge is 2.43. The minimum absolute atomic E-state index is 0.174. The first kappa shape index (κ1) is 13.2. The minimum atomic E-state index is -1.09. The molecule has 0 aromatic heterocycles. The molecule has 4 heteroatoms. The lowest BCUT2D eigenvalue weighted by Gasteiger charge is -2.33. The van der Waals surface area contributed by atoms with Crippen molar-refractivity contribution in [2.75, 3.05) is 0 Å². The van der Waals surface area contributed by atoms with Gasteiger partial charge in [0.15, 0.2) is 5.60 Å². The summed E-state index contributed by atoms with van der Waals surface area (Å²) >= 11 is 0. The first-order chi connectivity index (χ1) is 9.58. The van der Waals surface area contributed by atoms with Gasteiger partial charge in [-0.1, -0.05) is 31.0 Å². The zero-order valence-electron chi connectivity index (χ0n) is 11.6. The molecule has 0 unspecified atom stereocenters. The summed E-state index contributed by atoms with van der Waals surface area (Å²) in [5.74, 6) is -0.580. The molecule has 1 aliphatic heterocycles. The maximum Gasteiger partial charge on any atom is 0.339 e. The van der Waals surface area contributed by atoms with Crippen LogP contribution in [0.15, 0.2) is 24.3 Å². The van der Waals surface area contributed by atoms with Crippen molar-refractivity contribution in [3.63, 3.8) is 0 Å². The first-order valence-electron chi connectivity index (χ1n) is 7.21. The lowest BCUT2D eigenvalue weighted by molar-refractivity contribution is -0.140. The Morgan fingerprint density at radius 1 is 1.30 bits per heavy atom. The highest BCUT2D eigenvalue weighted by molar-refractivity contribution is 5.97. The summed E-state index contributed by atoms with van der Waals surface area (Å²) in [4.78, 5) is 24.5. The Morgan fingerprint density at radius 2 is 2.00 bits per heavy atom. The van der Waals surface area contributed by atoms with E-state index in [0.29, 0.717) is 12.0 Å². The molecule has 3 rings (SSSR count). The van der Waals surface area contributed by atoms with Crippen molar-refractivity contribution in [3.8, 4) is 0 Å². The smallest absolute Gasteiger partial charge is 0.339 e. The molecule has 20 heavy (non-hydrogen) atoms. The summed E-state index contributed by atoms with van der Waals surface area (Å²) in [6.07, 6.45) is 4.79. The maximum absolute atomic E-state index is 12.4. The number of hydrogen-bond acceptors (Lipinski definition) is 3. The number of fused-ring (bicyclic) bond motifs is 1. The SMILES string of the molecule is C[C@]1(C(=O)NC2CCCC2)Cc2ccccc2C(=O)O1. The largest absolute Gasteiger partial charge is 0.445 e. The molecule has 0 spiro atoms. The van der Waals surface area contributed by atoms with Crippen molar-refractivity contribution in [2.45, 2.75) is 50.7 Å². The number of nitrogens with one attached hydrogen (secondary N) is 1. The third kappa shape index (κ3) is 2.30. The topological polar surface area (TPSA) is 55.4 Å². The van der Waals surface area contributed by atoms with E-state index in [1.165, 1.54) is 0 Å². The summed E-state index contributed by atoms with van der Waals surface area (Å²) in [5.41, 5.74) is 0.361. The van der Waals surface area contributed by atoms with Gasteiger partial charge in [-0.15, -0.1) is 0 Å². The van der Waals surface area contributed by atoms with Gasteiger partial charge in [0.25, 0.3) is 5.91 Å². The molecular formula is C16H19NO3. The molecule has 0 radical (unpaired) electrons. The van der Waals surface area contributed by atoms with E-state index in [2.05, 4.69) is 5.32 Å². The van der Waals surface area contributed by atoms with E-state index >= 15 is 0 Å². The van der Waals surface area contributed by atoms with Crippen molar-refractivity contribution >= 4 is 11.9 Å². The number of benzene rings is 1.